The van der Waals surface area contributed by atoms with Gasteiger partial charge < -0.3 is 9.84 Å². The van der Waals surface area contributed by atoms with Crippen LogP contribution in [0.3, 0.4) is 0 Å². The van der Waals surface area contributed by atoms with E-state index in [4.69, 9.17) is 4.74 Å². The van der Waals surface area contributed by atoms with Crippen LogP contribution < -0.4 is 0 Å². The molecule has 0 aromatic carbocycles. The first kappa shape index (κ1) is 19.5. The van der Waals surface area contributed by atoms with Crippen LogP contribution in [0.4, 0.5) is 26.3 Å². The maximum atomic E-state index is 13.4. The zero-order chi connectivity index (χ0) is 19.4. The second-order valence-corrected chi connectivity index (χ2v) is 7.57. The van der Waals surface area contributed by atoms with Gasteiger partial charge >= 0.3 is 18.3 Å². The van der Waals surface area contributed by atoms with Crippen LogP contribution in [0.2, 0.25) is 0 Å². The van der Waals surface area contributed by atoms with Crippen molar-refractivity contribution in [1.82, 2.24) is 0 Å². The van der Waals surface area contributed by atoms with Crippen molar-refractivity contribution in [3.8, 4) is 0 Å². The molecule has 9 heteroatoms. The van der Waals surface area contributed by atoms with Gasteiger partial charge in [-0.15, -0.1) is 0 Å². The molecule has 0 aromatic rings. The van der Waals surface area contributed by atoms with Gasteiger partial charge in [-0.2, -0.15) is 26.3 Å². The lowest BCUT2D eigenvalue weighted by atomic mass is 9.71. The van der Waals surface area contributed by atoms with Gasteiger partial charge in [-0.25, -0.2) is 0 Å². The van der Waals surface area contributed by atoms with E-state index in [-0.39, 0.29) is 24.7 Å². The fraction of sp³-hybridized carbons (Fsp3) is 0.824. The lowest BCUT2D eigenvalue weighted by Gasteiger charge is -2.49. The summed E-state index contributed by atoms with van der Waals surface area (Å²) in [5.74, 6) is -1.95. The zero-order valence-electron chi connectivity index (χ0n) is 13.9. The van der Waals surface area contributed by atoms with Gasteiger partial charge in [0.2, 0.25) is 0 Å². The minimum atomic E-state index is -6.02. The number of carbonyl (C=O) groups is 1. The third kappa shape index (κ3) is 2.82. The van der Waals surface area contributed by atoms with Gasteiger partial charge in [0.1, 0.15) is 0 Å². The van der Waals surface area contributed by atoms with Crippen LogP contribution in [0, 0.1) is 17.8 Å². The Morgan fingerprint density at radius 2 is 1.54 bits per heavy atom. The number of fused-ring (bicyclic) bond motifs is 2. The van der Waals surface area contributed by atoms with Crippen LogP contribution in [0.1, 0.15) is 44.9 Å². The molecule has 0 saturated heterocycles. The summed E-state index contributed by atoms with van der Waals surface area (Å²) in [6.07, 6.45) is -8.29. The van der Waals surface area contributed by atoms with Crippen molar-refractivity contribution in [2.45, 2.75) is 68.5 Å². The van der Waals surface area contributed by atoms with Gasteiger partial charge in [0.05, 0.1) is 5.92 Å². The van der Waals surface area contributed by atoms with Gasteiger partial charge in [-0.3, -0.25) is 4.79 Å². The van der Waals surface area contributed by atoms with Crippen molar-refractivity contribution in [2.75, 3.05) is 0 Å². The predicted octanol–water partition coefficient (Wildman–Crippen LogP) is 4.30. The maximum absolute atomic E-state index is 13.4. The Labute approximate surface area is 146 Å². The highest BCUT2D eigenvalue weighted by Gasteiger charge is 2.81. The Bertz CT molecular complexity index is 574. The molecule has 0 spiro atoms. The minimum Gasteiger partial charge on any atom is -0.455 e. The Balaban J connectivity index is 1.95. The molecule has 0 aliphatic heterocycles. The van der Waals surface area contributed by atoms with E-state index >= 15 is 0 Å². The molecule has 0 aromatic heterocycles. The van der Waals surface area contributed by atoms with Crippen LogP contribution in [0.5, 0.6) is 0 Å². The summed E-state index contributed by atoms with van der Waals surface area (Å²) in [4.78, 5) is 12.5. The first-order valence-electron chi connectivity index (χ1n) is 8.68. The van der Waals surface area contributed by atoms with Crippen LogP contribution in [0.15, 0.2) is 12.2 Å². The van der Waals surface area contributed by atoms with E-state index < -0.39 is 48.3 Å². The average Bonchev–Trinajstić information content (AvgIpc) is 3.15. The molecule has 0 radical (unpaired) electrons. The summed E-state index contributed by atoms with van der Waals surface area (Å²) in [6.45, 7) is 0. The molecule has 2 fully saturated rings. The Kier molecular flexibility index (Phi) is 4.61. The highest BCUT2D eigenvalue weighted by Crippen LogP contribution is 2.56. The smallest absolute Gasteiger partial charge is 0.430 e. The van der Waals surface area contributed by atoms with Gasteiger partial charge in [0.25, 0.3) is 5.60 Å². The van der Waals surface area contributed by atoms with Gasteiger partial charge in [0, 0.05) is 0 Å². The summed E-state index contributed by atoms with van der Waals surface area (Å²) in [6, 6.07) is 0. The largest absolute Gasteiger partial charge is 0.455 e. The molecule has 2 bridgehead atoms. The van der Waals surface area contributed by atoms with Gasteiger partial charge in [0.15, 0.2) is 5.60 Å². The number of carbonyl (C=O) groups excluding carboxylic acids is 1. The molecule has 2 saturated carbocycles. The second-order valence-electron chi connectivity index (χ2n) is 7.57. The monoisotopic (exact) mass is 386 g/mol. The molecule has 3 rings (SSSR count). The van der Waals surface area contributed by atoms with Gasteiger partial charge in [-0.05, 0) is 50.4 Å². The molecule has 26 heavy (non-hydrogen) atoms. The third-order valence-electron chi connectivity index (χ3n) is 6.02. The fourth-order valence-electron chi connectivity index (χ4n) is 4.66. The average molecular weight is 386 g/mol. The van der Waals surface area contributed by atoms with E-state index in [0.29, 0.717) is 19.3 Å². The summed E-state index contributed by atoms with van der Waals surface area (Å²) < 4.78 is 85.6. The molecule has 1 N–H and O–H groups in total. The highest BCUT2D eigenvalue weighted by molar-refractivity contribution is 5.74. The first-order chi connectivity index (χ1) is 11.9. The van der Waals surface area contributed by atoms with Crippen molar-refractivity contribution >= 4 is 5.97 Å². The lowest BCUT2D eigenvalue weighted by Crippen LogP contribution is -2.72. The number of rotatable bonds is 3. The molecule has 3 atom stereocenters. The minimum absolute atomic E-state index is 0.0123. The van der Waals surface area contributed by atoms with E-state index in [1.165, 1.54) is 0 Å². The molecule has 0 amide bonds. The van der Waals surface area contributed by atoms with Crippen molar-refractivity contribution in [1.29, 1.82) is 0 Å². The molecule has 3 unspecified atom stereocenters. The standard InChI is InChI=1S/C17H20F6O3/c18-16(19,20)15(25,17(21,22)23)14(6-2-1-3-7-14)26-13(24)12-9-10-4-5-11(12)8-10/h4-5,10-12,25H,1-3,6-9H2. The van der Waals surface area contributed by atoms with Crippen molar-refractivity contribution in [3.05, 3.63) is 12.2 Å². The number of ether oxygens (including phenoxy) is 1. The second kappa shape index (κ2) is 6.14. The van der Waals surface area contributed by atoms with E-state index in [1.54, 1.807) is 6.08 Å². The normalized spacial score (nSPS) is 31.3. The van der Waals surface area contributed by atoms with Crippen LogP contribution in [-0.2, 0) is 9.53 Å². The van der Waals surface area contributed by atoms with Crippen LogP contribution >= 0.6 is 0 Å². The number of halogens is 6. The van der Waals surface area contributed by atoms with Crippen molar-refractivity contribution in [2.24, 2.45) is 17.8 Å². The number of esters is 1. The summed E-state index contributed by atoms with van der Waals surface area (Å²) in [5.41, 5.74) is -8.12. The number of hydrogen-bond donors (Lipinski definition) is 1. The Hall–Kier alpha value is -1.25. The molecule has 148 valence electrons. The van der Waals surface area contributed by atoms with E-state index in [1.807, 2.05) is 6.08 Å². The fourth-order valence-corrected chi connectivity index (χ4v) is 4.66. The topological polar surface area (TPSA) is 46.5 Å². The quantitative estimate of drug-likeness (QED) is 0.447. The summed E-state index contributed by atoms with van der Waals surface area (Å²) in [5, 5.41) is 9.94. The zero-order valence-corrected chi connectivity index (χ0v) is 13.9. The van der Waals surface area contributed by atoms with Crippen molar-refractivity contribution in [3.63, 3.8) is 0 Å². The highest BCUT2D eigenvalue weighted by atomic mass is 19.4. The van der Waals surface area contributed by atoms with Crippen LogP contribution in [-0.4, -0.2) is 34.6 Å². The SMILES string of the molecule is O=C(OC1(C(O)(C(F)(F)F)C(F)(F)F)CCCCC1)C1CC2C=CC1C2. The first-order valence-corrected chi connectivity index (χ1v) is 8.68. The Morgan fingerprint density at radius 3 is 1.96 bits per heavy atom. The molecule has 3 aliphatic rings. The molecule has 0 heterocycles. The van der Waals surface area contributed by atoms with E-state index in [9.17, 15) is 36.2 Å². The predicted molar refractivity (Wildman–Crippen MR) is 77.8 cm³/mol. The number of hydrogen-bond acceptors (Lipinski definition) is 3. The third-order valence-corrected chi connectivity index (χ3v) is 6.02. The number of aliphatic hydroxyl groups is 1. The molecular weight excluding hydrogens is 366 g/mol. The van der Waals surface area contributed by atoms with Crippen LogP contribution in [0.25, 0.3) is 0 Å². The van der Waals surface area contributed by atoms with E-state index in [0.717, 1.165) is 0 Å². The summed E-state index contributed by atoms with van der Waals surface area (Å²) in [7, 11) is 0. The van der Waals surface area contributed by atoms with Crippen molar-refractivity contribution < 1.29 is 41.0 Å². The molecule has 3 nitrogen and oxygen atoms in total. The van der Waals surface area contributed by atoms with E-state index in [2.05, 4.69) is 0 Å². The molecule has 3 aliphatic carbocycles. The summed E-state index contributed by atoms with van der Waals surface area (Å²) >= 11 is 0. The lowest BCUT2D eigenvalue weighted by molar-refractivity contribution is -0.416. The maximum Gasteiger partial charge on any atom is 0.430 e. The Morgan fingerprint density at radius 1 is 0.962 bits per heavy atom. The number of alkyl halides is 6. The van der Waals surface area contributed by atoms with Gasteiger partial charge in [-0.1, -0.05) is 18.6 Å². The molecular formula is C17H20F6O3. The number of allylic oxidation sites excluding steroid dienone is 2.